The Balaban J connectivity index is 0.000000173. The van der Waals surface area contributed by atoms with E-state index in [1.54, 1.807) is 0 Å². The molecule has 41 heavy (non-hydrogen) atoms. The molecule has 3 fully saturated rings. The van der Waals surface area contributed by atoms with Crippen molar-refractivity contribution in [3.8, 4) is 0 Å². The predicted octanol–water partition coefficient (Wildman–Crippen LogP) is 9.18. The predicted molar refractivity (Wildman–Crippen MR) is 169 cm³/mol. The fourth-order valence-corrected chi connectivity index (χ4v) is 7.85. The molecule has 0 radical (unpaired) electrons. The summed E-state index contributed by atoms with van der Waals surface area (Å²) >= 11 is 3.38. The van der Waals surface area contributed by atoms with E-state index in [0.29, 0.717) is 11.4 Å². The van der Waals surface area contributed by atoms with Gasteiger partial charge in [0.1, 0.15) is 23.0 Å². The van der Waals surface area contributed by atoms with Crippen LogP contribution in [0.2, 0.25) is 0 Å². The lowest BCUT2D eigenvalue weighted by Gasteiger charge is -2.32. The summed E-state index contributed by atoms with van der Waals surface area (Å²) in [6.45, 7) is 12.1. The van der Waals surface area contributed by atoms with Crippen molar-refractivity contribution in [2.45, 2.75) is 122 Å². The highest BCUT2D eigenvalue weighted by Crippen LogP contribution is 2.52. The van der Waals surface area contributed by atoms with Gasteiger partial charge in [0.05, 0.1) is 11.2 Å². The third-order valence-electron chi connectivity index (χ3n) is 10.5. The minimum atomic E-state index is -0.533. The first-order valence-corrected chi connectivity index (χ1v) is 15.4. The summed E-state index contributed by atoms with van der Waals surface area (Å²) in [6.07, 6.45) is 9.14. The smallest absolute Gasteiger partial charge is 0.399 e. The third kappa shape index (κ3) is 4.67. The van der Waals surface area contributed by atoms with Crippen LogP contribution < -0.4 is 5.46 Å². The Morgan fingerprint density at radius 1 is 0.707 bits per heavy atom. The molecule has 2 aromatic carbocycles. The molecule has 1 saturated heterocycles. The van der Waals surface area contributed by atoms with Crippen LogP contribution in [0.25, 0.3) is 0 Å². The topological polar surface area (TPSA) is 43.2 Å². The quantitative estimate of drug-likeness (QED) is 0.296. The van der Waals surface area contributed by atoms with Crippen LogP contribution in [0.5, 0.6) is 0 Å². The van der Waals surface area contributed by atoms with Gasteiger partial charge in [-0.05, 0) is 102 Å². The highest BCUT2D eigenvalue weighted by atomic mass is 79.9. The van der Waals surface area contributed by atoms with Crippen molar-refractivity contribution in [2.75, 3.05) is 0 Å². The molecule has 8 heteroatoms. The second kappa shape index (κ2) is 10.4. The van der Waals surface area contributed by atoms with Gasteiger partial charge in [0.15, 0.2) is 0 Å². The standard InChI is InChI=1S/C19H25BFNO2.C13H13BrFN.CH4/c1-12-19(8-6-7-9-19)14-10-13(11-15(21)16(14)22-12)20-23-17(2,3)18(4,5)24-20;1-8-13(4-2-3-5-13)10-6-9(14)7-11(15)12(10)16-8;/h10-11H,6-9H2,1-5H3;6-7H,2-5H2,1H3;1H4. The van der Waals surface area contributed by atoms with Gasteiger partial charge in [-0.3, -0.25) is 9.98 Å². The summed E-state index contributed by atoms with van der Waals surface area (Å²) in [5.74, 6) is -0.465. The van der Waals surface area contributed by atoms with Crippen molar-refractivity contribution in [1.82, 2.24) is 0 Å². The minimum absolute atomic E-state index is 0. The molecule has 7 rings (SSSR count). The van der Waals surface area contributed by atoms with Crippen LogP contribution in [0.15, 0.2) is 38.7 Å². The zero-order valence-electron chi connectivity index (χ0n) is 24.4. The first-order valence-electron chi connectivity index (χ1n) is 14.6. The van der Waals surface area contributed by atoms with Crippen molar-refractivity contribution in [3.63, 3.8) is 0 Å². The van der Waals surface area contributed by atoms with Crippen molar-refractivity contribution in [2.24, 2.45) is 9.98 Å². The van der Waals surface area contributed by atoms with Gasteiger partial charge in [0.25, 0.3) is 0 Å². The van der Waals surface area contributed by atoms with Gasteiger partial charge in [-0.25, -0.2) is 8.78 Å². The Kier molecular flexibility index (Phi) is 7.73. The monoisotopic (exact) mass is 626 g/mol. The van der Waals surface area contributed by atoms with E-state index in [0.717, 1.165) is 58.2 Å². The first-order chi connectivity index (χ1) is 18.8. The molecule has 4 nitrogen and oxygen atoms in total. The lowest BCUT2D eigenvalue weighted by molar-refractivity contribution is 0.00578. The second-order valence-electron chi connectivity index (χ2n) is 13.2. The van der Waals surface area contributed by atoms with E-state index in [1.165, 1.54) is 37.8 Å². The van der Waals surface area contributed by atoms with Gasteiger partial charge >= 0.3 is 7.12 Å². The molecule has 3 heterocycles. The van der Waals surface area contributed by atoms with E-state index < -0.39 is 18.3 Å². The SMILES string of the molecule is C.CC1=Nc2c(F)cc(B3OC(C)(C)C(C)(C)O3)cc2C12CCCC2.CC1=Nc2c(F)cc(Br)cc2C12CCCC2. The summed E-state index contributed by atoms with van der Waals surface area (Å²) in [5.41, 5.74) is 5.25. The van der Waals surface area contributed by atoms with Crippen LogP contribution in [0, 0.1) is 11.6 Å². The van der Waals surface area contributed by atoms with Crippen LogP contribution in [0.1, 0.15) is 111 Å². The van der Waals surface area contributed by atoms with Crippen molar-refractivity contribution < 1.29 is 18.1 Å². The Morgan fingerprint density at radius 3 is 1.59 bits per heavy atom. The number of aliphatic imine (C=N–C) groups is 2. The van der Waals surface area contributed by atoms with E-state index in [2.05, 4.69) is 32.0 Å². The van der Waals surface area contributed by atoms with Crippen LogP contribution in [-0.2, 0) is 20.1 Å². The molecule has 220 valence electrons. The molecule has 0 atom stereocenters. The maximum Gasteiger partial charge on any atom is 0.494 e. The van der Waals surface area contributed by atoms with Crippen LogP contribution in [-0.4, -0.2) is 29.7 Å². The molecule has 2 saturated carbocycles. The number of nitrogens with zero attached hydrogens (tertiary/aromatic N) is 2. The largest absolute Gasteiger partial charge is 0.494 e. The van der Waals surface area contributed by atoms with Crippen molar-refractivity contribution >= 4 is 51.3 Å². The Bertz CT molecular complexity index is 1420. The molecule has 0 amide bonds. The van der Waals surface area contributed by atoms with E-state index in [4.69, 9.17) is 9.31 Å². The van der Waals surface area contributed by atoms with Crippen LogP contribution in [0.3, 0.4) is 0 Å². The average molecular weight is 627 g/mol. The molecule has 0 N–H and O–H groups in total. The van der Waals surface area contributed by atoms with Crippen molar-refractivity contribution in [3.05, 3.63) is 51.5 Å². The lowest BCUT2D eigenvalue weighted by Crippen LogP contribution is -2.41. The molecule has 2 spiro atoms. The molecular formula is C33H42BBrF2N2O2. The second-order valence-corrected chi connectivity index (χ2v) is 14.2. The number of benzene rings is 2. The van der Waals surface area contributed by atoms with E-state index in [1.807, 2.05) is 47.6 Å². The summed E-state index contributed by atoms with van der Waals surface area (Å²) in [6, 6.07) is 7.16. The van der Waals surface area contributed by atoms with Gasteiger partial charge in [0, 0.05) is 26.7 Å². The number of halogens is 3. The molecule has 3 aliphatic heterocycles. The molecule has 0 aromatic heterocycles. The molecule has 0 bridgehead atoms. The summed E-state index contributed by atoms with van der Waals surface area (Å²) < 4.78 is 41.7. The fourth-order valence-electron chi connectivity index (χ4n) is 7.42. The molecule has 0 unspecified atom stereocenters. The number of hydrogen-bond acceptors (Lipinski definition) is 4. The molecular weight excluding hydrogens is 585 g/mol. The third-order valence-corrected chi connectivity index (χ3v) is 11.0. The lowest BCUT2D eigenvalue weighted by atomic mass is 9.72. The maximum absolute atomic E-state index is 14.8. The molecule has 5 aliphatic rings. The minimum Gasteiger partial charge on any atom is -0.399 e. The van der Waals surface area contributed by atoms with Crippen molar-refractivity contribution in [1.29, 1.82) is 0 Å². The van der Waals surface area contributed by atoms with Gasteiger partial charge in [-0.2, -0.15) is 0 Å². The Labute approximate surface area is 252 Å². The average Bonchev–Trinajstić information content (AvgIpc) is 3.68. The highest BCUT2D eigenvalue weighted by Gasteiger charge is 2.53. The van der Waals surface area contributed by atoms with E-state index in [9.17, 15) is 8.78 Å². The zero-order chi connectivity index (χ0) is 28.7. The highest BCUT2D eigenvalue weighted by molar-refractivity contribution is 9.10. The van der Waals surface area contributed by atoms with Gasteiger partial charge in [0.2, 0.25) is 0 Å². The van der Waals surface area contributed by atoms with Gasteiger partial charge in [-0.15, -0.1) is 0 Å². The maximum atomic E-state index is 14.8. The van der Waals surface area contributed by atoms with E-state index in [-0.39, 0.29) is 29.9 Å². The number of rotatable bonds is 1. The number of fused-ring (bicyclic) bond motifs is 4. The van der Waals surface area contributed by atoms with E-state index >= 15 is 0 Å². The first kappa shape index (κ1) is 30.6. The van der Waals surface area contributed by atoms with Gasteiger partial charge in [-0.1, -0.05) is 55.1 Å². The Morgan fingerprint density at radius 2 is 1.12 bits per heavy atom. The summed E-state index contributed by atoms with van der Waals surface area (Å²) in [4.78, 5) is 9.02. The molecule has 2 aliphatic carbocycles. The fraction of sp³-hybridized carbons (Fsp3) is 0.576. The van der Waals surface area contributed by atoms with Crippen LogP contribution in [0.4, 0.5) is 20.2 Å². The number of hydrogen-bond donors (Lipinski definition) is 0. The normalized spacial score (nSPS) is 23.6. The zero-order valence-corrected chi connectivity index (χ0v) is 26.0. The van der Waals surface area contributed by atoms with Crippen LogP contribution >= 0.6 is 15.9 Å². The summed E-state index contributed by atoms with van der Waals surface area (Å²) in [5, 5.41) is 0. The Hall–Kier alpha value is -1.90. The summed E-state index contributed by atoms with van der Waals surface area (Å²) in [7, 11) is -0.533. The van der Waals surface area contributed by atoms with Gasteiger partial charge < -0.3 is 9.31 Å². The molecule has 2 aromatic rings.